The number of aryl methyl sites for hydroxylation is 1. The van der Waals surface area contributed by atoms with Crippen molar-refractivity contribution in [1.29, 1.82) is 0 Å². The summed E-state index contributed by atoms with van der Waals surface area (Å²) in [5.74, 6) is 0.163. The van der Waals surface area contributed by atoms with Crippen LogP contribution in [0.15, 0.2) is 6.20 Å². The van der Waals surface area contributed by atoms with Crippen LogP contribution in [0, 0.1) is 6.92 Å². The molecule has 110 valence electrons. The predicted molar refractivity (Wildman–Crippen MR) is 74.1 cm³/mol. The number of carbonyl (C=O) groups is 1. The first kappa shape index (κ1) is 14.7. The fourth-order valence-electron chi connectivity index (χ4n) is 2.39. The molecule has 0 aromatic carbocycles. The molecule has 2 rings (SSSR count). The Morgan fingerprint density at radius 3 is 2.80 bits per heavy atom. The Kier molecular flexibility index (Phi) is 4.92. The molecule has 1 fully saturated rings. The summed E-state index contributed by atoms with van der Waals surface area (Å²) in [5.41, 5.74) is 1.70. The summed E-state index contributed by atoms with van der Waals surface area (Å²) in [6.45, 7) is 3.77. The van der Waals surface area contributed by atoms with Crippen molar-refractivity contribution in [3.05, 3.63) is 23.0 Å². The predicted octanol–water partition coefficient (Wildman–Crippen LogP) is 0.300. The zero-order chi connectivity index (χ0) is 14.5. The number of nitrogens with zero attached hydrogens (tertiary/aromatic N) is 2. The quantitative estimate of drug-likeness (QED) is 0.722. The number of likely N-dealkylation sites (tertiary alicyclic amines) is 1. The van der Waals surface area contributed by atoms with E-state index in [-0.39, 0.29) is 24.8 Å². The molecule has 0 radical (unpaired) electrons. The lowest BCUT2D eigenvalue weighted by Gasteiger charge is -2.16. The van der Waals surface area contributed by atoms with Gasteiger partial charge in [0.05, 0.1) is 18.8 Å². The summed E-state index contributed by atoms with van der Waals surface area (Å²) in [4.78, 5) is 17.7. The standard InChI is InChI=1S/C14H21N3O3/c1-10-14(20)12(11(9-18)6-16-10)7-15-8-13(19)17-4-2-3-5-17/h6,15,18,20H,2-5,7-9H2,1H3. The van der Waals surface area contributed by atoms with Crippen molar-refractivity contribution in [2.75, 3.05) is 19.6 Å². The number of aliphatic hydroxyl groups is 1. The topological polar surface area (TPSA) is 85.7 Å². The first-order valence-corrected chi connectivity index (χ1v) is 6.89. The lowest BCUT2D eigenvalue weighted by molar-refractivity contribution is -0.129. The van der Waals surface area contributed by atoms with E-state index in [9.17, 15) is 15.0 Å². The summed E-state index contributed by atoms with van der Waals surface area (Å²) in [7, 11) is 0. The second-order valence-corrected chi connectivity index (χ2v) is 5.05. The maximum atomic E-state index is 11.9. The third kappa shape index (κ3) is 3.26. The molecular formula is C14H21N3O3. The molecule has 0 spiro atoms. The minimum Gasteiger partial charge on any atom is -0.506 e. The van der Waals surface area contributed by atoms with E-state index < -0.39 is 0 Å². The van der Waals surface area contributed by atoms with Gasteiger partial charge in [-0.25, -0.2) is 0 Å². The highest BCUT2D eigenvalue weighted by molar-refractivity contribution is 5.78. The Morgan fingerprint density at radius 1 is 1.45 bits per heavy atom. The minimum atomic E-state index is -0.183. The molecule has 1 saturated heterocycles. The molecule has 1 aromatic rings. The van der Waals surface area contributed by atoms with Gasteiger partial charge in [-0.15, -0.1) is 0 Å². The van der Waals surface area contributed by atoms with Crippen molar-refractivity contribution in [2.45, 2.75) is 32.9 Å². The molecule has 2 heterocycles. The fraction of sp³-hybridized carbons (Fsp3) is 0.571. The van der Waals surface area contributed by atoms with Gasteiger partial charge in [0, 0.05) is 37.0 Å². The van der Waals surface area contributed by atoms with Gasteiger partial charge >= 0.3 is 0 Å². The molecule has 6 heteroatoms. The first-order valence-electron chi connectivity index (χ1n) is 6.89. The van der Waals surface area contributed by atoms with Gasteiger partial charge in [-0.05, 0) is 19.8 Å². The molecule has 0 atom stereocenters. The number of rotatable bonds is 5. The second kappa shape index (κ2) is 6.67. The van der Waals surface area contributed by atoms with Gasteiger partial charge < -0.3 is 20.4 Å². The summed E-state index contributed by atoms with van der Waals surface area (Å²) < 4.78 is 0. The molecule has 0 saturated carbocycles. The fourth-order valence-corrected chi connectivity index (χ4v) is 2.39. The highest BCUT2D eigenvalue weighted by atomic mass is 16.3. The minimum absolute atomic E-state index is 0.0812. The summed E-state index contributed by atoms with van der Waals surface area (Å²) >= 11 is 0. The van der Waals surface area contributed by atoms with E-state index in [0.29, 0.717) is 23.4 Å². The van der Waals surface area contributed by atoms with E-state index >= 15 is 0 Å². The van der Waals surface area contributed by atoms with Crippen molar-refractivity contribution in [3.63, 3.8) is 0 Å². The second-order valence-electron chi connectivity index (χ2n) is 5.05. The van der Waals surface area contributed by atoms with Crippen LogP contribution in [0.4, 0.5) is 0 Å². The highest BCUT2D eigenvalue weighted by Gasteiger charge is 2.18. The number of pyridine rings is 1. The van der Waals surface area contributed by atoms with Crippen LogP contribution in [-0.2, 0) is 17.9 Å². The first-order chi connectivity index (χ1) is 9.63. The van der Waals surface area contributed by atoms with Crippen LogP contribution in [0.2, 0.25) is 0 Å². The van der Waals surface area contributed by atoms with Crippen LogP contribution in [0.25, 0.3) is 0 Å². The zero-order valence-electron chi connectivity index (χ0n) is 11.7. The molecule has 20 heavy (non-hydrogen) atoms. The number of aliphatic hydroxyl groups excluding tert-OH is 1. The average Bonchev–Trinajstić information content (AvgIpc) is 2.97. The molecule has 0 bridgehead atoms. The molecule has 0 aliphatic carbocycles. The summed E-state index contributed by atoms with van der Waals surface area (Å²) in [5, 5.41) is 22.3. The van der Waals surface area contributed by atoms with Crippen molar-refractivity contribution >= 4 is 5.91 Å². The Hall–Kier alpha value is -1.66. The smallest absolute Gasteiger partial charge is 0.236 e. The van der Waals surface area contributed by atoms with Gasteiger partial charge in [0.15, 0.2) is 0 Å². The van der Waals surface area contributed by atoms with Crippen molar-refractivity contribution in [2.24, 2.45) is 0 Å². The van der Waals surface area contributed by atoms with Crippen LogP contribution in [0.3, 0.4) is 0 Å². The molecule has 6 nitrogen and oxygen atoms in total. The largest absolute Gasteiger partial charge is 0.506 e. The molecule has 1 amide bonds. The van der Waals surface area contributed by atoms with Gasteiger partial charge in [0.25, 0.3) is 0 Å². The third-order valence-electron chi connectivity index (χ3n) is 3.64. The number of aromatic nitrogens is 1. The van der Waals surface area contributed by atoms with E-state index in [1.807, 2.05) is 4.90 Å². The van der Waals surface area contributed by atoms with E-state index in [1.165, 1.54) is 0 Å². The maximum absolute atomic E-state index is 11.9. The van der Waals surface area contributed by atoms with Crippen molar-refractivity contribution < 1.29 is 15.0 Å². The Bertz CT molecular complexity index is 485. The number of amides is 1. The zero-order valence-corrected chi connectivity index (χ0v) is 11.7. The van der Waals surface area contributed by atoms with E-state index in [2.05, 4.69) is 10.3 Å². The number of aromatic hydroxyl groups is 1. The molecular weight excluding hydrogens is 258 g/mol. The van der Waals surface area contributed by atoms with Crippen LogP contribution in [0.1, 0.15) is 29.7 Å². The van der Waals surface area contributed by atoms with E-state index in [4.69, 9.17) is 0 Å². The average molecular weight is 279 g/mol. The normalized spacial score (nSPS) is 14.8. The van der Waals surface area contributed by atoms with Gasteiger partial charge in [-0.2, -0.15) is 0 Å². The van der Waals surface area contributed by atoms with Crippen molar-refractivity contribution in [3.8, 4) is 5.75 Å². The molecule has 3 N–H and O–H groups in total. The molecule has 0 unspecified atom stereocenters. The Morgan fingerprint density at radius 2 is 2.15 bits per heavy atom. The van der Waals surface area contributed by atoms with Gasteiger partial charge in [-0.1, -0.05) is 0 Å². The number of nitrogens with one attached hydrogen (secondary N) is 1. The molecule has 1 aliphatic rings. The third-order valence-corrected chi connectivity index (χ3v) is 3.64. The van der Waals surface area contributed by atoms with Crippen LogP contribution in [-0.4, -0.2) is 45.6 Å². The Balaban J connectivity index is 1.93. The lowest BCUT2D eigenvalue weighted by Crippen LogP contribution is -2.36. The maximum Gasteiger partial charge on any atom is 0.236 e. The van der Waals surface area contributed by atoms with Crippen LogP contribution < -0.4 is 5.32 Å². The summed E-state index contributed by atoms with van der Waals surface area (Å²) in [6, 6.07) is 0. The van der Waals surface area contributed by atoms with Crippen molar-refractivity contribution in [1.82, 2.24) is 15.2 Å². The monoisotopic (exact) mass is 279 g/mol. The number of carbonyl (C=O) groups excluding carboxylic acids is 1. The van der Waals surface area contributed by atoms with Gasteiger partial charge in [0.2, 0.25) is 5.91 Å². The van der Waals surface area contributed by atoms with Gasteiger partial charge in [-0.3, -0.25) is 9.78 Å². The van der Waals surface area contributed by atoms with E-state index in [0.717, 1.165) is 25.9 Å². The number of hydrogen-bond acceptors (Lipinski definition) is 5. The lowest BCUT2D eigenvalue weighted by atomic mass is 10.1. The molecule has 1 aromatic heterocycles. The van der Waals surface area contributed by atoms with Crippen LogP contribution in [0.5, 0.6) is 5.75 Å². The van der Waals surface area contributed by atoms with Gasteiger partial charge in [0.1, 0.15) is 5.75 Å². The van der Waals surface area contributed by atoms with E-state index in [1.54, 1.807) is 13.1 Å². The summed E-state index contributed by atoms with van der Waals surface area (Å²) in [6.07, 6.45) is 3.70. The SMILES string of the molecule is Cc1ncc(CO)c(CNCC(=O)N2CCCC2)c1O. The molecule has 1 aliphatic heterocycles. The number of hydrogen-bond donors (Lipinski definition) is 3. The van der Waals surface area contributed by atoms with Crippen LogP contribution >= 0.6 is 0 Å². The highest BCUT2D eigenvalue weighted by Crippen LogP contribution is 2.23. The Labute approximate surface area is 118 Å².